The summed E-state index contributed by atoms with van der Waals surface area (Å²) in [4.78, 5) is 37.8. The zero-order valence-corrected chi connectivity index (χ0v) is 21.9. The van der Waals surface area contributed by atoms with Crippen LogP contribution in [-0.2, 0) is 16.1 Å². The summed E-state index contributed by atoms with van der Waals surface area (Å²) in [6.45, 7) is 3.91. The maximum Gasteiger partial charge on any atom is 0.335 e. The van der Waals surface area contributed by atoms with Gasteiger partial charge >= 0.3 is 5.97 Å². The first-order valence-electron chi connectivity index (χ1n) is 12.9. The number of carbonyl (C=O) groups excluding carboxylic acids is 2. The Morgan fingerprint density at radius 2 is 1.62 bits per heavy atom. The number of hydrogen-bond acceptors (Lipinski definition) is 4. The van der Waals surface area contributed by atoms with E-state index in [-0.39, 0.29) is 35.3 Å². The summed E-state index contributed by atoms with van der Waals surface area (Å²) >= 11 is 5.96. The van der Waals surface area contributed by atoms with Gasteiger partial charge in [-0.3, -0.25) is 9.59 Å². The molecule has 0 heterocycles. The lowest BCUT2D eigenvalue weighted by Gasteiger charge is -2.59. The highest BCUT2D eigenvalue weighted by atomic mass is 35.5. The topological polar surface area (TPSA) is 105 Å². The molecule has 8 heteroatoms. The minimum atomic E-state index is -1.05. The fourth-order valence-corrected chi connectivity index (χ4v) is 6.97. The lowest BCUT2D eigenvalue weighted by molar-refractivity contribution is -0.152. The maximum atomic E-state index is 13.4. The van der Waals surface area contributed by atoms with Gasteiger partial charge in [0.15, 0.2) is 5.60 Å². The van der Waals surface area contributed by atoms with Gasteiger partial charge in [0.2, 0.25) is 5.91 Å². The summed E-state index contributed by atoms with van der Waals surface area (Å²) in [5, 5.41) is 16.1. The van der Waals surface area contributed by atoms with Crippen molar-refractivity contribution in [3.63, 3.8) is 0 Å². The average Bonchev–Trinajstić information content (AvgIpc) is 2.85. The van der Waals surface area contributed by atoms with Gasteiger partial charge in [0.1, 0.15) is 5.75 Å². The van der Waals surface area contributed by atoms with Crippen molar-refractivity contribution in [1.29, 1.82) is 0 Å². The van der Waals surface area contributed by atoms with Crippen molar-refractivity contribution in [3.05, 3.63) is 64.7 Å². The number of amides is 2. The second-order valence-corrected chi connectivity index (χ2v) is 11.9. The zero-order valence-electron chi connectivity index (χ0n) is 21.1. The molecule has 2 aromatic carbocycles. The number of halogens is 1. The van der Waals surface area contributed by atoms with E-state index in [0.717, 1.165) is 37.7 Å². The molecule has 7 nitrogen and oxygen atoms in total. The molecular weight excluding hydrogens is 492 g/mol. The lowest BCUT2D eigenvalue weighted by Crippen LogP contribution is -2.64. The Bertz CT molecular complexity index is 1180. The van der Waals surface area contributed by atoms with Crippen LogP contribution in [0.3, 0.4) is 0 Å². The van der Waals surface area contributed by atoms with Gasteiger partial charge in [0.25, 0.3) is 5.91 Å². The standard InChI is InChI=1S/C29H33ClN2O5/c1-28(2,37-23-9-7-22(30)8-10-23)26(35)32-24-20-11-18-12-21(24)15-29(13-18,14-20)27(36)31-16-17-3-5-19(6-4-17)25(33)34/h3-10,18,20-21,24H,11-16H2,1-2H3,(H,31,36)(H,32,35)(H,33,34)/t18?,20-,21?,24?,29?/m1/s1. The zero-order chi connectivity index (χ0) is 26.4. The molecule has 0 aromatic heterocycles. The summed E-state index contributed by atoms with van der Waals surface area (Å²) in [6, 6.07) is 13.6. The molecule has 4 saturated carbocycles. The number of hydrogen-bond donors (Lipinski definition) is 3. The number of benzene rings is 2. The summed E-state index contributed by atoms with van der Waals surface area (Å²) in [5.41, 5.74) is -0.343. The summed E-state index contributed by atoms with van der Waals surface area (Å²) < 4.78 is 6.00. The maximum absolute atomic E-state index is 13.4. The van der Waals surface area contributed by atoms with E-state index >= 15 is 0 Å². The van der Waals surface area contributed by atoms with Crippen molar-refractivity contribution in [1.82, 2.24) is 10.6 Å². The Morgan fingerprint density at radius 3 is 2.22 bits per heavy atom. The number of nitrogens with one attached hydrogen (secondary N) is 2. The molecule has 2 aromatic rings. The first-order valence-corrected chi connectivity index (χ1v) is 13.3. The number of aromatic carboxylic acids is 1. The monoisotopic (exact) mass is 524 g/mol. The van der Waals surface area contributed by atoms with E-state index in [2.05, 4.69) is 10.6 Å². The summed E-state index contributed by atoms with van der Waals surface area (Å²) in [5.74, 6) is 0.580. The van der Waals surface area contributed by atoms with Crippen molar-refractivity contribution < 1.29 is 24.2 Å². The predicted octanol–water partition coefficient (Wildman–Crippen LogP) is 4.82. The molecule has 4 aliphatic rings. The summed E-state index contributed by atoms with van der Waals surface area (Å²) in [6.07, 6.45) is 4.51. The third-order valence-electron chi connectivity index (χ3n) is 8.44. The van der Waals surface area contributed by atoms with Crippen LogP contribution in [0, 0.1) is 23.2 Å². The van der Waals surface area contributed by atoms with Gasteiger partial charge in [0, 0.05) is 17.6 Å². The van der Waals surface area contributed by atoms with E-state index in [0.29, 0.717) is 23.2 Å². The smallest absolute Gasteiger partial charge is 0.335 e. The fourth-order valence-electron chi connectivity index (χ4n) is 6.84. The molecule has 0 spiro atoms. The minimum Gasteiger partial charge on any atom is -0.478 e. The average molecular weight is 525 g/mol. The van der Waals surface area contributed by atoms with Gasteiger partial charge in [-0.15, -0.1) is 0 Å². The van der Waals surface area contributed by atoms with Gasteiger partial charge in [0.05, 0.1) is 11.0 Å². The third kappa shape index (κ3) is 5.19. The van der Waals surface area contributed by atoms with Crippen LogP contribution < -0.4 is 15.4 Å². The molecule has 196 valence electrons. The third-order valence-corrected chi connectivity index (χ3v) is 8.69. The number of ether oxygens (including phenoxy) is 1. The minimum absolute atomic E-state index is 0.0432. The molecule has 4 unspecified atom stereocenters. The number of rotatable bonds is 8. The molecule has 4 aliphatic carbocycles. The highest BCUT2D eigenvalue weighted by molar-refractivity contribution is 6.30. The molecule has 2 amide bonds. The van der Waals surface area contributed by atoms with Crippen LogP contribution in [0.15, 0.2) is 48.5 Å². The molecule has 6 rings (SSSR count). The van der Waals surface area contributed by atoms with Gasteiger partial charge in [-0.1, -0.05) is 23.7 Å². The molecule has 3 N–H and O–H groups in total. The van der Waals surface area contributed by atoms with Crippen LogP contribution in [0.1, 0.15) is 61.9 Å². The molecular formula is C29H33ClN2O5. The highest BCUT2D eigenvalue weighted by Crippen LogP contribution is 2.60. The number of carboxylic acid groups (broad SMARTS) is 1. The van der Waals surface area contributed by atoms with E-state index in [4.69, 9.17) is 21.4 Å². The second kappa shape index (κ2) is 9.67. The normalized spacial score (nSPS) is 28.0. The van der Waals surface area contributed by atoms with Crippen LogP contribution in [0.25, 0.3) is 0 Å². The van der Waals surface area contributed by atoms with Crippen molar-refractivity contribution in [2.45, 2.75) is 64.1 Å². The molecule has 0 radical (unpaired) electrons. The SMILES string of the molecule is CC(C)(Oc1ccc(Cl)cc1)C(=O)NC1C2CC3C[C@@H]1CC(C(=O)NCc1ccc(C(=O)O)cc1)(C3)C2. The summed E-state index contributed by atoms with van der Waals surface area (Å²) in [7, 11) is 0. The van der Waals surface area contributed by atoms with Crippen LogP contribution in [0.2, 0.25) is 5.02 Å². The van der Waals surface area contributed by atoms with E-state index in [1.807, 2.05) is 0 Å². The Hall–Kier alpha value is -3.06. The van der Waals surface area contributed by atoms with Crippen molar-refractivity contribution in [2.75, 3.05) is 0 Å². The molecule has 4 fully saturated rings. The Kier molecular flexibility index (Phi) is 6.69. The molecule has 4 bridgehead atoms. The number of carbonyl (C=O) groups is 3. The van der Waals surface area contributed by atoms with Crippen molar-refractivity contribution in [3.8, 4) is 5.75 Å². The molecule has 0 aliphatic heterocycles. The molecule has 0 saturated heterocycles. The van der Waals surface area contributed by atoms with E-state index in [1.54, 1.807) is 62.4 Å². The van der Waals surface area contributed by atoms with E-state index in [9.17, 15) is 14.4 Å². The first-order chi connectivity index (χ1) is 17.5. The first kappa shape index (κ1) is 25.6. The molecule has 37 heavy (non-hydrogen) atoms. The second-order valence-electron chi connectivity index (χ2n) is 11.5. The quantitative estimate of drug-likeness (QED) is 0.459. The van der Waals surface area contributed by atoms with E-state index in [1.165, 1.54) is 0 Å². The van der Waals surface area contributed by atoms with Crippen LogP contribution in [-0.4, -0.2) is 34.5 Å². The van der Waals surface area contributed by atoms with Gasteiger partial charge in [-0.25, -0.2) is 4.79 Å². The molecule has 5 atom stereocenters. The van der Waals surface area contributed by atoms with Gasteiger partial charge < -0.3 is 20.5 Å². The largest absolute Gasteiger partial charge is 0.478 e. The predicted molar refractivity (Wildman–Crippen MR) is 139 cm³/mol. The van der Waals surface area contributed by atoms with Crippen LogP contribution >= 0.6 is 11.6 Å². The lowest BCUT2D eigenvalue weighted by atomic mass is 9.47. The van der Waals surface area contributed by atoms with Crippen LogP contribution in [0.4, 0.5) is 0 Å². The van der Waals surface area contributed by atoms with E-state index < -0.39 is 17.0 Å². The van der Waals surface area contributed by atoms with Crippen molar-refractivity contribution in [2.24, 2.45) is 23.2 Å². The Labute approximate surface area is 221 Å². The highest BCUT2D eigenvalue weighted by Gasteiger charge is 2.59. The van der Waals surface area contributed by atoms with Gasteiger partial charge in [-0.05, 0) is 106 Å². The Balaban J connectivity index is 1.21. The fraction of sp³-hybridized carbons (Fsp3) is 0.483. The van der Waals surface area contributed by atoms with Crippen LogP contribution in [0.5, 0.6) is 5.75 Å². The number of carboxylic acids is 1. The van der Waals surface area contributed by atoms with Gasteiger partial charge in [-0.2, -0.15) is 0 Å². The Morgan fingerprint density at radius 1 is 1.00 bits per heavy atom. The van der Waals surface area contributed by atoms with Crippen molar-refractivity contribution >= 4 is 29.4 Å².